The van der Waals surface area contributed by atoms with Crippen LogP contribution in [0.25, 0.3) is 11.3 Å². The van der Waals surface area contributed by atoms with E-state index in [9.17, 15) is 4.79 Å². The average molecular weight is 383 g/mol. The molecular weight excluding hydrogens is 366 g/mol. The quantitative estimate of drug-likeness (QED) is 0.517. The molecule has 0 radical (unpaired) electrons. The lowest BCUT2D eigenvalue weighted by Crippen LogP contribution is -2.04. The molecular formula is C22H17N5O2. The van der Waals surface area contributed by atoms with Gasteiger partial charge in [0.15, 0.2) is 0 Å². The van der Waals surface area contributed by atoms with Gasteiger partial charge in [-0.25, -0.2) is 9.78 Å². The number of hydrogen-bond acceptors (Lipinski definition) is 4. The van der Waals surface area contributed by atoms with Crippen LogP contribution in [0.3, 0.4) is 0 Å². The van der Waals surface area contributed by atoms with Gasteiger partial charge in [0.05, 0.1) is 24.7 Å². The van der Waals surface area contributed by atoms with Crippen LogP contribution in [0.4, 0.5) is 0 Å². The van der Waals surface area contributed by atoms with E-state index in [1.807, 2.05) is 24.3 Å². The number of imidazole rings is 1. The van der Waals surface area contributed by atoms with E-state index in [1.54, 1.807) is 47.7 Å². The highest BCUT2D eigenvalue weighted by molar-refractivity contribution is 5.87. The largest absolute Gasteiger partial charge is 0.478 e. The van der Waals surface area contributed by atoms with Gasteiger partial charge >= 0.3 is 5.97 Å². The molecule has 2 aromatic heterocycles. The lowest BCUT2D eigenvalue weighted by molar-refractivity contribution is 0.0697. The van der Waals surface area contributed by atoms with Crippen molar-refractivity contribution in [1.29, 1.82) is 0 Å². The van der Waals surface area contributed by atoms with Crippen molar-refractivity contribution in [2.45, 2.75) is 13.0 Å². The van der Waals surface area contributed by atoms with Crippen LogP contribution in [0.15, 0.2) is 67.1 Å². The molecule has 2 aromatic carbocycles. The summed E-state index contributed by atoms with van der Waals surface area (Å²) in [6, 6.07) is 14.5. The minimum Gasteiger partial charge on any atom is -0.478 e. The van der Waals surface area contributed by atoms with Gasteiger partial charge in [0.2, 0.25) is 0 Å². The number of carboxylic acid groups (broad SMARTS) is 1. The van der Waals surface area contributed by atoms with Crippen LogP contribution in [-0.2, 0) is 13.0 Å². The fraction of sp³-hybridized carbons (Fsp3) is 0.0909. The molecule has 0 aliphatic rings. The van der Waals surface area contributed by atoms with Gasteiger partial charge in [-0.15, -0.1) is 0 Å². The number of nitrogens with zero attached hydrogens (tertiary/aromatic N) is 4. The highest BCUT2D eigenvalue weighted by Crippen LogP contribution is 2.17. The van der Waals surface area contributed by atoms with Gasteiger partial charge in [-0.3, -0.25) is 0 Å². The van der Waals surface area contributed by atoms with Crippen molar-refractivity contribution in [3.63, 3.8) is 0 Å². The molecule has 0 saturated carbocycles. The van der Waals surface area contributed by atoms with Crippen LogP contribution in [0.5, 0.6) is 0 Å². The fourth-order valence-corrected chi connectivity index (χ4v) is 2.80. The molecule has 7 nitrogen and oxygen atoms in total. The van der Waals surface area contributed by atoms with Crippen LogP contribution in [0.1, 0.15) is 27.3 Å². The molecule has 0 atom stereocenters. The first-order valence-electron chi connectivity index (χ1n) is 8.97. The summed E-state index contributed by atoms with van der Waals surface area (Å²) in [6.07, 6.45) is 5.76. The number of rotatable bonds is 5. The molecule has 0 spiro atoms. The minimum atomic E-state index is -0.941. The molecule has 0 unspecified atom stereocenters. The number of H-pyrrole nitrogens is 1. The highest BCUT2D eigenvalue weighted by Gasteiger charge is 2.06. The second-order valence-electron chi connectivity index (χ2n) is 6.36. The summed E-state index contributed by atoms with van der Waals surface area (Å²) >= 11 is 0. The molecule has 142 valence electrons. The Morgan fingerprint density at radius 3 is 2.79 bits per heavy atom. The molecule has 0 bridgehead atoms. The van der Waals surface area contributed by atoms with E-state index in [-0.39, 0.29) is 5.56 Å². The zero-order valence-electron chi connectivity index (χ0n) is 15.4. The summed E-state index contributed by atoms with van der Waals surface area (Å²) in [5, 5.41) is 17.8. The second kappa shape index (κ2) is 8.23. The van der Waals surface area contributed by atoms with Crippen LogP contribution >= 0.6 is 0 Å². The Morgan fingerprint density at radius 2 is 2.03 bits per heavy atom. The van der Waals surface area contributed by atoms with Crippen molar-refractivity contribution in [2.75, 3.05) is 0 Å². The first-order chi connectivity index (χ1) is 14.2. The molecule has 0 aliphatic carbocycles. The summed E-state index contributed by atoms with van der Waals surface area (Å²) in [5.74, 6) is 6.15. The van der Waals surface area contributed by atoms with Crippen molar-refractivity contribution in [2.24, 2.45) is 0 Å². The standard InChI is InChI=1S/C22H17N5O2/c28-22(29)18-9-7-17(8-10-18)15-27-25-14-20(26-27)19-5-1-3-16(13-19)4-2-6-21-23-11-12-24-21/h1,3,5,7-14H,6,15H2,(H,23,24)(H,28,29). The van der Waals surface area contributed by atoms with Crippen molar-refractivity contribution < 1.29 is 9.90 Å². The van der Waals surface area contributed by atoms with E-state index in [4.69, 9.17) is 5.11 Å². The van der Waals surface area contributed by atoms with Gasteiger partial charge in [0.25, 0.3) is 0 Å². The number of benzene rings is 2. The number of hydrogen-bond donors (Lipinski definition) is 2. The normalized spacial score (nSPS) is 10.3. The molecule has 4 aromatic rings. The van der Waals surface area contributed by atoms with Crippen molar-refractivity contribution in [3.8, 4) is 23.1 Å². The van der Waals surface area contributed by atoms with E-state index in [0.717, 1.165) is 28.2 Å². The Balaban J connectivity index is 1.46. The molecule has 4 rings (SSSR count). The van der Waals surface area contributed by atoms with Gasteiger partial charge in [-0.1, -0.05) is 36.1 Å². The SMILES string of the molecule is O=C(O)c1ccc(Cn2ncc(-c3cccc(C#CCc4ncc[nH]4)c3)n2)cc1. The molecule has 0 saturated heterocycles. The Labute approximate surface area is 167 Å². The smallest absolute Gasteiger partial charge is 0.335 e. The molecule has 29 heavy (non-hydrogen) atoms. The van der Waals surface area contributed by atoms with Gasteiger partial charge in [0, 0.05) is 23.5 Å². The Hall–Kier alpha value is -4.18. The van der Waals surface area contributed by atoms with E-state index in [0.29, 0.717) is 13.0 Å². The number of aromatic nitrogens is 5. The predicted octanol–water partition coefficient (Wildman–Crippen LogP) is 3.01. The van der Waals surface area contributed by atoms with E-state index >= 15 is 0 Å². The summed E-state index contributed by atoms with van der Waals surface area (Å²) in [6.45, 7) is 0.461. The molecule has 0 amide bonds. The first-order valence-corrected chi connectivity index (χ1v) is 8.97. The molecule has 2 heterocycles. The van der Waals surface area contributed by atoms with Crippen molar-refractivity contribution >= 4 is 5.97 Å². The molecule has 0 fully saturated rings. The Morgan fingerprint density at radius 1 is 1.17 bits per heavy atom. The zero-order valence-corrected chi connectivity index (χ0v) is 15.4. The predicted molar refractivity (Wildman–Crippen MR) is 107 cm³/mol. The lowest BCUT2D eigenvalue weighted by atomic mass is 10.1. The van der Waals surface area contributed by atoms with Gasteiger partial charge in [-0.05, 0) is 29.8 Å². The van der Waals surface area contributed by atoms with Gasteiger partial charge in [-0.2, -0.15) is 15.0 Å². The molecule has 7 heteroatoms. The van der Waals surface area contributed by atoms with Crippen LogP contribution in [-0.4, -0.2) is 36.0 Å². The minimum absolute atomic E-state index is 0.257. The fourth-order valence-electron chi connectivity index (χ4n) is 2.80. The van der Waals surface area contributed by atoms with Crippen LogP contribution in [0, 0.1) is 11.8 Å². The maximum atomic E-state index is 10.9. The number of carbonyl (C=O) groups is 1. The number of nitrogens with one attached hydrogen (secondary N) is 1. The molecule has 2 N–H and O–H groups in total. The molecule has 0 aliphatic heterocycles. The summed E-state index contributed by atoms with van der Waals surface area (Å²) in [7, 11) is 0. The summed E-state index contributed by atoms with van der Waals surface area (Å²) in [5.41, 5.74) is 3.76. The summed E-state index contributed by atoms with van der Waals surface area (Å²) < 4.78 is 0. The van der Waals surface area contributed by atoms with E-state index < -0.39 is 5.97 Å². The zero-order chi connectivity index (χ0) is 20.1. The third kappa shape index (κ3) is 4.57. The van der Waals surface area contributed by atoms with Gasteiger partial charge in [0.1, 0.15) is 11.5 Å². The maximum Gasteiger partial charge on any atom is 0.335 e. The Bertz CT molecular complexity index is 1180. The Kier molecular flexibility index (Phi) is 5.16. The lowest BCUT2D eigenvalue weighted by Gasteiger charge is -2.01. The number of aromatic amines is 1. The maximum absolute atomic E-state index is 10.9. The monoisotopic (exact) mass is 383 g/mol. The number of carboxylic acids is 1. The van der Waals surface area contributed by atoms with E-state index in [2.05, 4.69) is 32.0 Å². The summed E-state index contributed by atoms with van der Waals surface area (Å²) in [4.78, 5) is 19.7. The third-order valence-electron chi connectivity index (χ3n) is 4.26. The van der Waals surface area contributed by atoms with Crippen molar-refractivity contribution in [3.05, 3.63) is 89.6 Å². The second-order valence-corrected chi connectivity index (χ2v) is 6.36. The topological polar surface area (TPSA) is 96.7 Å². The van der Waals surface area contributed by atoms with Crippen LogP contribution < -0.4 is 0 Å². The van der Waals surface area contributed by atoms with Gasteiger partial charge < -0.3 is 10.1 Å². The third-order valence-corrected chi connectivity index (χ3v) is 4.26. The first kappa shape index (κ1) is 18.2. The number of aromatic carboxylic acids is 1. The highest BCUT2D eigenvalue weighted by atomic mass is 16.4. The van der Waals surface area contributed by atoms with E-state index in [1.165, 1.54) is 0 Å². The van der Waals surface area contributed by atoms with Crippen molar-refractivity contribution in [1.82, 2.24) is 25.0 Å². The van der Waals surface area contributed by atoms with Crippen LogP contribution in [0.2, 0.25) is 0 Å². The average Bonchev–Trinajstić information content (AvgIpc) is 3.41.